The van der Waals surface area contributed by atoms with Gasteiger partial charge in [0.05, 0.1) is 20.3 Å². The third kappa shape index (κ3) is 3.91. The Balaban J connectivity index is 1.90. The van der Waals surface area contributed by atoms with Gasteiger partial charge >= 0.3 is 0 Å². The minimum absolute atomic E-state index is 0.536. The van der Waals surface area contributed by atoms with Gasteiger partial charge in [-0.2, -0.15) is 0 Å². The van der Waals surface area contributed by atoms with E-state index in [1.54, 1.807) is 30.7 Å². The third-order valence-corrected chi connectivity index (χ3v) is 5.10. The molecule has 3 rings (SSSR count). The van der Waals surface area contributed by atoms with E-state index in [1.807, 2.05) is 13.2 Å². The number of hydrogen-bond donors (Lipinski definition) is 0. The van der Waals surface area contributed by atoms with Crippen molar-refractivity contribution >= 4 is 11.8 Å². The molecule has 0 saturated heterocycles. The van der Waals surface area contributed by atoms with Gasteiger partial charge in [-0.15, -0.1) is 15.3 Å². The average molecular weight is 373 g/mol. The van der Waals surface area contributed by atoms with Crippen molar-refractivity contribution in [2.75, 3.05) is 20.8 Å². The fraction of sp³-hybridized carbons (Fsp3) is 0.389. The van der Waals surface area contributed by atoms with Crippen LogP contribution >= 0.6 is 11.8 Å². The number of aromatic nitrogens is 5. The maximum absolute atomic E-state index is 5.38. The van der Waals surface area contributed by atoms with Gasteiger partial charge < -0.3 is 9.47 Å². The monoisotopic (exact) mass is 373 g/mol. The first-order valence-corrected chi connectivity index (χ1v) is 9.30. The van der Waals surface area contributed by atoms with E-state index in [9.17, 15) is 0 Å². The van der Waals surface area contributed by atoms with Gasteiger partial charge in [-0.25, -0.2) is 0 Å². The molecule has 7 nitrogen and oxygen atoms in total. The van der Waals surface area contributed by atoms with Crippen LogP contribution in [0.15, 0.2) is 35.6 Å². The number of ether oxygens (including phenoxy) is 2. The molecule has 2 aromatic heterocycles. The van der Waals surface area contributed by atoms with Gasteiger partial charge in [-0.3, -0.25) is 9.25 Å². The predicted octanol–water partition coefficient (Wildman–Crippen LogP) is 2.93. The molecule has 0 aliphatic carbocycles. The van der Waals surface area contributed by atoms with Crippen molar-refractivity contribution in [3.63, 3.8) is 0 Å². The number of nitrogens with zero attached hydrogens (tertiary/aromatic N) is 5. The summed E-state index contributed by atoms with van der Waals surface area (Å²) in [4.78, 5) is 0. The first-order valence-electron chi connectivity index (χ1n) is 8.31. The van der Waals surface area contributed by atoms with E-state index in [2.05, 4.69) is 51.1 Å². The fourth-order valence-corrected chi connectivity index (χ4v) is 3.71. The van der Waals surface area contributed by atoms with Crippen molar-refractivity contribution in [3.8, 4) is 17.3 Å². The zero-order valence-electron chi connectivity index (χ0n) is 15.5. The summed E-state index contributed by atoms with van der Waals surface area (Å²) in [7, 11) is 5.15. The topological polar surface area (TPSA) is 67.0 Å². The molecule has 0 unspecified atom stereocenters. The molecule has 3 aromatic rings. The van der Waals surface area contributed by atoms with Crippen LogP contribution in [0.1, 0.15) is 11.1 Å². The molecule has 0 fully saturated rings. The number of benzene rings is 1. The summed E-state index contributed by atoms with van der Waals surface area (Å²) < 4.78 is 14.4. The minimum Gasteiger partial charge on any atom is -0.479 e. The van der Waals surface area contributed by atoms with Crippen LogP contribution in [0.2, 0.25) is 0 Å². The normalized spacial score (nSPS) is 11.1. The third-order valence-electron chi connectivity index (χ3n) is 4.08. The number of thioether (sulfide) groups is 1. The maximum Gasteiger partial charge on any atom is 0.243 e. The maximum atomic E-state index is 5.38. The van der Waals surface area contributed by atoms with Gasteiger partial charge in [0.25, 0.3) is 0 Å². The van der Waals surface area contributed by atoms with E-state index in [0.29, 0.717) is 19.0 Å². The van der Waals surface area contributed by atoms with Crippen molar-refractivity contribution in [1.29, 1.82) is 0 Å². The van der Waals surface area contributed by atoms with E-state index in [0.717, 1.165) is 22.3 Å². The van der Waals surface area contributed by atoms with Crippen molar-refractivity contribution in [2.24, 2.45) is 7.05 Å². The van der Waals surface area contributed by atoms with Crippen LogP contribution in [0.5, 0.6) is 5.88 Å². The highest BCUT2D eigenvalue weighted by atomic mass is 32.2. The molecule has 0 atom stereocenters. The minimum atomic E-state index is 0.536. The summed E-state index contributed by atoms with van der Waals surface area (Å²) in [5.74, 6) is 2.11. The number of aryl methyl sites for hydroxylation is 2. The van der Waals surface area contributed by atoms with Crippen molar-refractivity contribution in [3.05, 3.63) is 41.6 Å². The summed E-state index contributed by atoms with van der Waals surface area (Å²) in [5, 5.41) is 14.0. The molecule has 1 aromatic carbocycles. The number of rotatable bonds is 8. The quantitative estimate of drug-likeness (QED) is 0.566. The summed E-state index contributed by atoms with van der Waals surface area (Å²) in [6.45, 7) is 3.36. The highest BCUT2D eigenvalue weighted by molar-refractivity contribution is 7.98. The van der Waals surface area contributed by atoms with Gasteiger partial charge in [0.2, 0.25) is 5.88 Å². The summed E-state index contributed by atoms with van der Waals surface area (Å²) >= 11 is 1.67. The predicted molar refractivity (Wildman–Crippen MR) is 101 cm³/mol. The average Bonchev–Trinajstić information content (AvgIpc) is 3.21. The van der Waals surface area contributed by atoms with Crippen LogP contribution in [0.4, 0.5) is 0 Å². The van der Waals surface area contributed by atoms with Gasteiger partial charge in [-0.05, 0) is 18.1 Å². The summed E-state index contributed by atoms with van der Waals surface area (Å²) in [6.07, 6.45) is 1.89. The van der Waals surface area contributed by atoms with E-state index >= 15 is 0 Å². The molecule has 0 spiro atoms. The van der Waals surface area contributed by atoms with Crippen LogP contribution in [-0.4, -0.2) is 45.4 Å². The van der Waals surface area contributed by atoms with E-state index < -0.39 is 0 Å². The van der Waals surface area contributed by atoms with E-state index in [1.165, 1.54) is 11.1 Å². The molecule has 0 aliphatic rings. The largest absolute Gasteiger partial charge is 0.479 e. The molecule has 0 saturated carbocycles. The molecule has 0 radical (unpaired) electrons. The van der Waals surface area contributed by atoms with Crippen LogP contribution in [-0.2, 0) is 24.1 Å². The first kappa shape index (κ1) is 18.5. The molecular formula is C18H23N5O2S. The molecule has 0 amide bonds. The molecule has 0 bridgehead atoms. The molecule has 138 valence electrons. The number of methoxy groups -OCH3 is 2. The van der Waals surface area contributed by atoms with E-state index in [-0.39, 0.29) is 0 Å². The zero-order chi connectivity index (χ0) is 18.5. The van der Waals surface area contributed by atoms with Gasteiger partial charge in [0.15, 0.2) is 11.0 Å². The van der Waals surface area contributed by atoms with Crippen LogP contribution in [0.25, 0.3) is 11.4 Å². The Morgan fingerprint density at radius 2 is 1.96 bits per heavy atom. The lowest BCUT2D eigenvalue weighted by atomic mass is 10.1. The smallest absolute Gasteiger partial charge is 0.243 e. The molecule has 8 heteroatoms. The highest BCUT2D eigenvalue weighted by Crippen LogP contribution is 2.31. The second kappa shape index (κ2) is 8.37. The Hall–Kier alpha value is -2.32. The van der Waals surface area contributed by atoms with Crippen molar-refractivity contribution in [1.82, 2.24) is 24.5 Å². The second-order valence-corrected chi connectivity index (χ2v) is 6.83. The lowest BCUT2D eigenvalue weighted by Crippen LogP contribution is -2.07. The lowest BCUT2D eigenvalue weighted by molar-refractivity contribution is 0.185. The fourth-order valence-electron chi connectivity index (χ4n) is 2.67. The van der Waals surface area contributed by atoms with Gasteiger partial charge in [0, 0.05) is 26.1 Å². The highest BCUT2D eigenvalue weighted by Gasteiger charge is 2.20. The van der Waals surface area contributed by atoms with Gasteiger partial charge in [0.1, 0.15) is 5.56 Å². The Kier molecular flexibility index (Phi) is 5.95. The Morgan fingerprint density at radius 3 is 2.69 bits per heavy atom. The summed E-state index contributed by atoms with van der Waals surface area (Å²) in [5.41, 5.74) is 3.39. The second-order valence-electron chi connectivity index (χ2n) is 5.89. The van der Waals surface area contributed by atoms with Gasteiger partial charge in [-0.1, -0.05) is 36.0 Å². The van der Waals surface area contributed by atoms with E-state index in [4.69, 9.17) is 9.47 Å². The molecular weight excluding hydrogens is 350 g/mol. The first-order chi connectivity index (χ1) is 12.6. The molecule has 0 N–H and O–H groups in total. The number of hydrogen-bond acceptors (Lipinski definition) is 6. The summed E-state index contributed by atoms with van der Waals surface area (Å²) in [6, 6.07) is 8.38. The Morgan fingerprint density at radius 1 is 1.15 bits per heavy atom. The lowest BCUT2D eigenvalue weighted by Gasteiger charge is -2.10. The standard InChI is InChI=1S/C18H23N5O2S/c1-13-7-5-6-8-14(13)12-26-18-20-19-16(23(18)9-10-24-3)15-11-22(2)21-17(15)25-4/h5-8,11H,9-10,12H2,1-4H3. The van der Waals surface area contributed by atoms with Crippen LogP contribution in [0.3, 0.4) is 0 Å². The van der Waals surface area contributed by atoms with Crippen molar-refractivity contribution in [2.45, 2.75) is 24.4 Å². The van der Waals surface area contributed by atoms with Crippen LogP contribution in [0, 0.1) is 6.92 Å². The SMILES string of the molecule is COCCn1c(SCc2ccccc2C)nnc1-c1cn(C)nc1OC. The zero-order valence-corrected chi connectivity index (χ0v) is 16.3. The van der Waals surface area contributed by atoms with Crippen molar-refractivity contribution < 1.29 is 9.47 Å². The Bertz CT molecular complexity index is 874. The van der Waals surface area contributed by atoms with Crippen LogP contribution < -0.4 is 4.74 Å². The molecule has 26 heavy (non-hydrogen) atoms. The molecule has 0 aliphatic heterocycles. The Labute approximate surface area is 157 Å². The molecule has 2 heterocycles.